The standard InChI is InChI=1S/C14H23IO3/c1-3-13(2,15)12(16)18-14(8-4-5-9-14)11-7-6-10-17-11/h11H,3-10H2,1-2H3. The average Bonchev–Trinajstić information content (AvgIpc) is 2.99. The van der Waals surface area contributed by atoms with E-state index in [1.807, 2.05) is 13.8 Å². The van der Waals surface area contributed by atoms with Crippen molar-refractivity contribution in [3.8, 4) is 0 Å². The number of halogens is 1. The van der Waals surface area contributed by atoms with Crippen LogP contribution in [0.25, 0.3) is 0 Å². The van der Waals surface area contributed by atoms with Crippen molar-refractivity contribution in [2.75, 3.05) is 6.61 Å². The zero-order valence-electron chi connectivity index (χ0n) is 11.3. The molecule has 4 heteroatoms. The molecule has 2 aliphatic rings. The third-order valence-electron chi connectivity index (χ3n) is 4.35. The summed E-state index contributed by atoms with van der Waals surface area (Å²) in [4.78, 5) is 12.3. The van der Waals surface area contributed by atoms with E-state index in [9.17, 15) is 4.79 Å². The van der Waals surface area contributed by atoms with Gasteiger partial charge in [0.1, 0.15) is 9.02 Å². The van der Waals surface area contributed by atoms with Gasteiger partial charge in [0.2, 0.25) is 0 Å². The van der Waals surface area contributed by atoms with Crippen LogP contribution in [0.5, 0.6) is 0 Å². The Kier molecular flexibility index (Phi) is 4.57. The van der Waals surface area contributed by atoms with E-state index in [-0.39, 0.29) is 17.7 Å². The highest BCUT2D eigenvalue weighted by molar-refractivity contribution is 14.1. The molecule has 0 aromatic heterocycles. The molecular formula is C14H23IO3. The zero-order chi connectivity index (χ0) is 13.2. The van der Waals surface area contributed by atoms with E-state index in [4.69, 9.17) is 9.47 Å². The van der Waals surface area contributed by atoms with Crippen LogP contribution in [-0.4, -0.2) is 27.7 Å². The van der Waals surface area contributed by atoms with Crippen LogP contribution < -0.4 is 0 Å². The molecule has 0 N–H and O–H groups in total. The first-order valence-corrected chi connectivity index (χ1v) is 8.12. The summed E-state index contributed by atoms with van der Waals surface area (Å²) in [5.41, 5.74) is -0.324. The highest BCUT2D eigenvalue weighted by atomic mass is 127. The van der Waals surface area contributed by atoms with Gasteiger partial charge in [-0.3, -0.25) is 4.79 Å². The van der Waals surface area contributed by atoms with Gasteiger partial charge in [-0.15, -0.1) is 0 Å². The van der Waals surface area contributed by atoms with Crippen molar-refractivity contribution in [1.82, 2.24) is 0 Å². The van der Waals surface area contributed by atoms with E-state index in [1.165, 1.54) is 0 Å². The fourth-order valence-corrected chi connectivity index (χ4v) is 3.00. The largest absolute Gasteiger partial charge is 0.455 e. The SMILES string of the molecule is CCC(C)(I)C(=O)OC1(C2CCCO2)CCCC1. The Bertz CT molecular complexity index is 302. The molecule has 1 aliphatic carbocycles. The summed E-state index contributed by atoms with van der Waals surface area (Å²) in [6.45, 7) is 4.80. The molecular weight excluding hydrogens is 343 g/mol. The fraction of sp³-hybridized carbons (Fsp3) is 0.929. The number of hydrogen-bond acceptors (Lipinski definition) is 3. The summed E-state index contributed by atoms with van der Waals surface area (Å²) in [6, 6.07) is 0. The molecule has 2 rings (SSSR count). The smallest absolute Gasteiger partial charge is 0.322 e. The summed E-state index contributed by atoms with van der Waals surface area (Å²) in [6.07, 6.45) is 7.31. The van der Waals surface area contributed by atoms with Crippen molar-refractivity contribution in [2.24, 2.45) is 0 Å². The second-order valence-electron chi connectivity index (χ2n) is 5.71. The lowest BCUT2D eigenvalue weighted by atomic mass is 9.92. The van der Waals surface area contributed by atoms with Gasteiger partial charge in [-0.25, -0.2) is 0 Å². The highest BCUT2D eigenvalue weighted by Crippen LogP contribution is 2.42. The maximum Gasteiger partial charge on any atom is 0.322 e. The second kappa shape index (κ2) is 5.65. The van der Waals surface area contributed by atoms with Gasteiger partial charge in [0, 0.05) is 6.61 Å². The molecule has 0 spiro atoms. The van der Waals surface area contributed by atoms with Crippen LogP contribution in [0.2, 0.25) is 0 Å². The van der Waals surface area contributed by atoms with Crippen molar-refractivity contribution in [3.63, 3.8) is 0 Å². The van der Waals surface area contributed by atoms with Crippen molar-refractivity contribution < 1.29 is 14.3 Å². The maximum atomic E-state index is 12.3. The Labute approximate surface area is 123 Å². The lowest BCUT2D eigenvalue weighted by molar-refractivity contribution is -0.175. The zero-order valence-corrected chi connectivity index (χ0v) is 13.5. The van der Waals surface area contributed by atoms with Gasteiger partial charge in [-0.2, -0.15) is 0 Å². The molecule has 18 heavy (non-hydrogen) atoms. The van der Waals surface area contributed by atoms with Crippen LogP contribution in [0.15, 0.2) is 0 Å². The average molecular weight is 366 g/mol. The first kappa shape index (κ1) is 14.6. The summed E-state index contributed by atoms with van der Waals surface area (Å²) >= 11 is 2.21. The number of ether oxygens (including phenoxy) is 2. The summed E-state index contributed by atoms with van der Waals surface area (Å²) in [5.74, 6) is -0.0667. The first-order valence-electron chi connectivity index (χ1n) is 7.04. The molecule has 0 radical (unpaired) electrons. The topological polar surface area (TPSA) is 35.5 Å². The van der Waals surface area contributed by atoms with Crippen LogP contribution in [0.1, 0.15) is 58.8 Å². The number of esters is 1. The molecule has 1 saturated carbocycles. The van der Waals surface area contributed by atoms with Crippen molar-refractivity contribution in [1.29, 1.82) is 0 Å². The molecule has 2 unspecified atom stereocenters. The van der Waals surface area contributed by atoms with Crippen LogP contribution in [0.3, 0.4) is 0 Å². The third kappa shape index (κ3) is 2.84. The van der Waals surface area contributed by atoms with Gasteiger partial charge in [0.15, 0.2) is 0 Å². The molecule has 0 bridgehead atoms. The van der Waals surface area contributed by atoms with Gasteiger partial charge in [0.05, 0.1) is 6.10 Å². The van der Waals surface area contributed by atoms with E-state index >= 15 is 0 Å². The van der Waals surface area contributed by atoms with Crippen LogP contribution in [-0.2, 0) is 14.3 Å². The monoisotopic (exact) mass is 366 g/mol. The number of alkyl halides is 1. The van der Waals surface area contributed by atoms with Gasteiger partial charge < -0.3 is 9.47 Å². The van der Waals surface area contributed by atoms with Crippen molar-refractivity contribution >= 4 is 28.6 Å². The van der Waals surface area contributed by atoms with Gasteiger partial charge in [-0.1, -0.05) is 29.5 Å². The van der Waals surface area contributed by atoms with Crippen LogP contribution >= 0.6 is 22.6 Å². The molecule has 0 amide bonds. The van der Waals surface area contributed by atoms with Crippen LogP contribution in [0, 0.1) is 0 Å². The van der Waals surface area contributed by atoms with Crippen LogP contribution in [0.4, 0.5) is 0 Å². The van der Waals surface area contributed by atoms with E-state index in [0.717, 1.165) is 51.6 Å². The Morgan fingerprint density at radius 3 is 2.61 bits per heavy atom. The Morgan fingerprint density at radius 2 is 2.11 bits per heavy atom. The van der Waals surface area contributed by atoms with Crippen molar-refractivity contribution in [3.05, 3.63) is 0 Å². The number of carbonyl (C=O) groups is 1. The number of rotatable bonds is 4. The first-order chi connectivity index (χ1) is 8.50. The summed E-state index contributed by atoms with van der Waals surface area (Å²) in [7, 11) is 0. The number of hydrogen-bond donors (Lipinski definition) is 0. The maximum absolute atomic E-state index is 12.3. The molecule has 2 atom stereocenters. The molecule has 1 aliphatic heterocycles. The van der Waals surface area contributed by atoms with Gasteiger partial charge in [-0.05, 0) is 51.9 Å². The normalized spacial score (nSPS) is 30.1. The minimum atomic E-state index is -0.411. The van der Waals surface area contributed by atoms with Gasteiger partial charge in [0.25, 0.3) is 0 Å². The third-order valence-corrected chi connectivity index (χ3v) is 5.56. The minimum absolute atomic E-state index is 0.0667. The highest BCUT2D eigenvalue weighted by Gasteiger charge is 2.48. The lowest BCUT2D eigenvalue weighted by Crippen LogP contribution is -2.47. The Hall–Kier alpha value is 0.160. The summed E-state index contributed by atoms with van der Waals surface area (Å²) in [5, 5.41) is 0. The lowest BCUT2D eigenvalue weighted by Gasteiger charge is -2.36. The van der Waals surface area contributed by atoms with E-state index in [1.54, 1.807) is 0 Å². The Morgan fingerprint density at radius 1 is 1.44 bits per heavy atom. The van der Waals surface area contributed by atoms with E-state index < -0.39 is 3.42 Å². The molecule has 2 fully saturated rings. The molecule has 0 aromatic rings. The molecule has 1 saturated heterocycles. The van der Waals surface area contributed by atoms with Gasteiger partial charge >= 0.3 is 5.97 Å². The Balaban J connectivity index is 2.09. The fourth-order valence-electron chi connectivity index (χ4n) is 2.89. The number of carbonyl (C=O) groups excluding carboxylic acids is 1. The van der Waals surface area contributed by atoms with E-state index in [2.05, 4.69) is 22.6 Å². The molecule has 0 aromatic carbocycles. The van der Waals surface area contributed by atoms with E-state index in [0.29, 0.717) is 0 Å². The van der Waals surface area contributed by atoms with Crippen molar-refractivity contribution in [2.45, 2.75) is 73.9 Å². The minimum Gasteiger partial charge on any atom is -0.455 e. The summed E-state index contributed by atoms with van der Waals surface area (Å²) < 4.78 is 11.4. The second-order valence-corrected chi connectivity index (χ2v) is 8.09. The molecule has 104 valence electrons. The quantitative estimate of drug-likeness (QED) is 0.433. The predicted octanol–water partition coefficient (Wildman–Crippen LogP) is 3.63. The molecule has 1 heterocycles. The predicted molar refractivity (Wildman–Crippen MR) is 79.0 cm³/mol. The molecule has 3 nitrogen and oxygen atoms in total.